The molecule has 5 heteroatoms. The summed E-state index contributed by atoms with van der Waals surface area (Å²) in [5, 5.41) is 6.63. The SMILES string of the molecule is CCNC(=NCC1CC1)NCCCCCCC(=O)OC. The van der Waals surface area contributed by atoms with Crippen LogP contribution in [0.25, 0.3) is 0 Å². The van der Waals surface area contributed by atoms with Crippen molar-refractivity contribution in [1.29, 1.82) is 0 Å². The smallest absolute Gasteiger partial charge is 0.305 e. The second-order valence-electron chi connectivity index (χ2n) is 5.33. The molecule has 1 aliphatic carbocycles. The molecule has 1 aliphatic rings. The predicted molar refractivity (Wildman–Crippen MR) is 81.8 cm³/mol. The van der Waals surface area contributed by atoms with Crippen LogP contribution in [-0.4, -0.2) is 38.7 Å². The molecule has 1 rings (SSSR count). The van der Waals surface area contributed by atoms with Crippen LogP contribution in [0.5, 0.6) is 0 Å². The quantitative estimate of drug-likeness (QED) is 0.279. The molecular weight excluding hydrogens is 254 g/mol. The average molecular weight is 283 g/mol. The molecule has 0 aromatic heterocycles. The van der Waals surface area contributed by atoms with E-state index in [4.69, 9.17) is 0 Å². The number of methoxy groups -OCH3 is 1. The van der Waals surface area contributed by atoms with E-state index in [1.54, 1.807) is 0 Å². The zero-order valence-corrected chi connectivity index (χ0v) is 12.9. The number of rotatable bonds is 10. The summed E-state index contributed by atoms with van der Waals surface area (Å²) in [5.41, 5.74) is 0. The predicted octanol–water partition coefficient (Wildman–Crippen LogP) is 2.07. The van der Waals surface area contributed by atoms with E-state index in [2.05, 4.69) is 27.3 Å². The molecule has 0 atom stereocenters. The monoisotopic (exact) mass is 283 g/mol. The lowest BCUT2D eigenvalue weighted by Crippen LogP contribution is -2.37. The molecule has 0 bridgehead atoms. The van der Waals surface area contributed by atoms with Crippen LogP contribution in [0.15, 0.2) is 4.99 Å². The van der Waals surface area contributed by atoms with Crippen molar-refractivity contribution in [3.8, 4) is 0 Å². The van der Waals surface area contributed by atoms with Crippen molar-refractivity contribution < 1.29 is 9.53 Å². The number of nitrogens with one attached hydrogen (secondary N) is 2. The van der Waals surface area contributed by atoms with Gasteiger partial charge in [0, 0.05) is 26.1 Å². The summed E-state index contributed by atoms with van der Waals surface area (Å²) in [6.45, 7) is 4.87. The Bertz CT molecular complexity index is 301. The molecule has 116 valence electrons. The molecule has 0 saturated heterocycles. The summed E-state index contributed by atoms with van der Waals surface area (Å²) in [5.74, 6) is 1.66. The summed E-state index contributed by atoms with van der Waals surface area (Å²) in [6, 6.07) is 0. The van der Waals surface area contributed by atoms with Crippen molar-refractivity contribution >= 4 is 11.9 Å². The Labute approximate surface area is 122 Å². The number of guanidine groups is 1. The number of nitrogens with zero attached hydrogens (tertiary/aromatic N) is 1. The molecule has 0 aromatic carbocycles. The molecule has 0 spiro atoms. The number of hydrogen-bond acceptors (Lipinski definition) is 3. The van der Waals surface area contributed by atoms with Crippen molar-refractivity contribution in [3.63, 3.8) is 0 Å². The summed E-state index contributed by atoms with van der Waals surface area (Å²) in [6.07, 6.45) is 7.44. The van der Waals surface area contributed by atoms with E-state index in [1.807, 2.05) is 0 Å². The number of aliphatic imine (C=N–C) groups is 1. The Balaban J connectivity index is 1.99. The van der Waals surface area contributed by atoms with E-state index in [0.29, 0.717) is 6.42 Å². The van der Waals surface area contributed by atoms with Crippen LogP contribution >= 0.6 is 0 Å². The van der Waals surface area contributed by atoms with Gasteiger partial charge in [0.15, 0.2) is 5.96 Å². The lowest BCUT2D eigenvalue weighted by atomic mass is 10.1. The normalized spacial score (nSPS) is 15.0. The third kappa shape index (κ3) is 8.77. The standard InChI is InChI=1S/C15H29N3O2/c1-3-16-15(18-12-13-9-10-13)17-11-7-5-4-6-8-14(19)20-2/h13H,3-12H2,1-2H3,(H2,16,17,18). The molecule has 0 unspecified atom stereocenters. The third-order valence-electron chi connectivity index (χ3n) is 3.38. The van der Waals surface area contributed by atoms with Gasteiger partial charge in [0.1, 0.15) is 0 Å². The molecule has 0 aliphatic heterocycles. The van der Waals surface area contributed by atoms with Crippen molar-refractivity contribution in [2.45, 2.75) is 51.9 Å². The highest BCUT2D eigenvalue weighted by Gasteiger charge is 2.20. The molecule has 0 heterocycles. The fourth-order valence-electron chi connectivity index (χ4n) is 1.92. The van der Waals surface area contributed by atoms with E-state index >= 15 is 0 Å². The molecule has 1 fully saturated rings. The van der Waals surface area contributed by atoms with Crippen molar-refractivity contribution in [2.24, 2.45) is 10.9 Å². The number of ether oxygens (including phenoxy) is 1. The zero-order chi connectivity index (χ0) is 14.6. The molecule has 0 radical (unpaired) electrons. The molecule has 1 saturated carbocycles. The minimum absolute atomic E-state index is 0.107. The van der Waals surface area contributed by atoms with Crippen molar-refractivity contribution in [1.82, 2.24) is 10.6 Å². The molecule has 5 nitrogen and oxygen atoms in total. The maximum absolute atomic E-state index is 10.9. The van der Waals surface area contributed by atoms with Gasteiger partial charge in [-0.25, -0.2) is 0 Å². The Morgan fingerprint density at radius 3 is 2.60 bits per heavy atom. The number of carbonyl (C=O) groups is 1. The second-order valence-corrected chi connectivity index (χ2v) is 5.33. The summed E-state index contributed by atoms with van der Waals surface area (Å²) in [4.78, 5) is 15.5. The second kappa shape index (κ2) is 10.5. The van der Waals surface area contributed by atoms with Crippen LogP contribution in [0.1, 0.15) is 51.9 Å². The summed E-state index contributed by atoms with van der Waals surface area (Å²) < 4.78 is 4.61. The molecular formula is C15H29N3O2. The Morgan fingerprint density at radius 1 is 1.20 bits per heavy atom. The Morgan fingerprint density at radius 2 is 1.95 bits per heavy atom. The Hall–Kier alpha value is -1.26. The van der Waals surface area contributed by atoms with Gasteiger partial charge in [-0.2, -0.15) is 0 Å². The van der Waals surface area contributed by atoms with Gasteiger partial charge < -0.3 is 15.4 Å². The number of carbonyl (C=O) groups excluding carboxylic acids is 1. The highest BCUT2D eigenvalue weighted by atomic mass is 16.5. The first kappa shape index (κ1) is 16.8. The highest BCUT2D eigenvalue weighted by Crippen LogP contribution is 2.28. The van der Waals surface area contributed by atoms with Gasteiger partial charge in [-0.05, 0) is 38.5 Å². The van der Waals surface area contributed by atoms with Gasteiger partial charge in [0.2, 0.25) is 0 Å². The maximum Gasteiger partial charge on any atom is 0.305 e. The average Bonchev–Trinajstić information content (AvgIpc) is 3.27. The Kier molecular flexibility index (Phi) is 8.83. The first-order chi connectivity index (χ1) is 9.76. The zero-order valence-electron chi connectivity index (χ0n) is 12.9. The molecule has 0 aromatic rings. The fraction of sp³-hybridized carbons (Fsp3) is 0.867. The van der Waals surface area contributed by atoms with Gasteiger partial charge in [-0.15, -0.1) is 0 Å². The van der Waals surface area contributed by atoms with Crippen LogP contribution in [-0.2, 0) is 9.53 Å². The van der Waals surface area contributed by atoms with Crippen molar-refractivity contribution in [2.75, 3.05) is 26.7 Å². The summed E-state index contributed by atoms with van der Waals surface area (Å²) in [7, 11) is 1.44. The first-order valence-electron chi connectivity index (χ1n) is 7.85. The molecule has 0 amide bonds. The largest absolute Gasteiger partial charge is 0.469 e. The lowest BCUT2D eigenvalue weighted by molar-refractivity contribution is -0.140. The number of esters is 1. The first-order valence-corrected chi connectivity index (χ1v) is 7.85. The van der Waals surface area contributed by atoms with Crippen LogP contribution in [0.4, 0.5) is 0 Å². The minimum atomic E-state index is -0.107. The number of hydrogen-bond donors (Lipinski definition) is 2. The lowest BCUT2D eigenvalue weighted by Gasteiger charge is -2.11. The summed E-state index contributed by atoms with van der Waals surface area (Å²) >= 11 is 0. The minimum Gasteiger partial charge on any atom is -0.469 e. The van der Waals surface area contributed by atoms with Crippen LogP contribution in [0.2, 0.25) is 0 Å². The van der Waals surface area contributed by atoms with Gasteiger partial charge >= 0.3 is 5.97 Å². The van der Waals surface area contributed by atoms with Gasteiger partial charge in [-0.1, -0.05) is 12.8 Å². The van der Waals surface area contributed by atoms with Gasteiger partial charge in [-0.3, -0.25) is 9.79 Å². The number of unbranched alkanes of at least 4 members (excludes halogenated alkanes) is 3. The topological polar surface area (TPSA) is 62.7 Å². The van der Waals surface area contributed by atoms with E-state index < -0.39 is 0 Å². The van der Waals surface area contributed by atoms with Crippen LogP contribution in [0, 0.1) is 5.92 Å². The fourth-order valence-corrected chi connectivity index (χ4v) is 1.92. The van der Waals surface area contributed by atoms with E-state index in [9.17, 15) is 4.79 Å². The van der Waals surface area contributed by atoms with E-state index in [1.165, 1.54) is 20.0 Å². The molecule has 20 heavy (non-hydrogen) atoms. The van der Waals surface area contributed by atoms with Crippen LogP contribution < -0.4 is 10.6 Å². The van der Waals surface area contributed by atoms with Gasteiger partial charge in [0.25, 0.3) is 0 Å². The van der Waals surface area contributed by atoms with E-state index in [-0.39, 0.29) is 5.97 Å². The van der Waals surface area contributed by atoms with Gasteiger partial charge in [0.05, 0.1) is 7.11 Å². The molecule has 2 N–H and O–H groups in total. The van der Waals surface area contributed by atoms with Crippen molar-refractivity contribution in [3.05, 3.63) is 0 Å². The van der Waals surface area contributed by atoms with Crippen LogP contribution in [0.3, 0.4) is 0 Å². The van der Waals surface area contributed by atoms with E-state index in [0.717, 1.165) is 57.2 Å². The maximum atomic E-state index is 10.9. The third-order valence-corrected chi connectivity index (χ3v) is 3.38. The highest BCUT2D eigenvalue weighted by molar-refractivity contribution is 5.79.